The van der Waals surface area contributed by atoms with Crippen LogP contribution in [0.1, 0.15) is 25.7 Å². The summed E-state index contributed by atoms with van der Waals surface area (Å²) in [5.74, 6) is 0.622. The van der Waals surface area contributed by atoms with Gasteiger partial charge in [0, 0.05) is 24.7 Å². The van der Waals surface area contributed by atoms with Crippen LogP contribution in [-0.4, -0.2) is 44.2 Å². The molecule has 3 aliphatic rings. The molecule has 0 radical (unpaired) electrons. The molecule has 0 atom stereocenters. The van der Waals surface area contributed by atoms with E-state index in [4.69, 9.17) is 0 Å². The number of nitrogens with zero attached hydrogens (tertiary/aromatic N) is 1. The van der Waals surface area contributed by atoms with Gasteiger partial charge in [0.2, 0.25) is 0 Å². The van der Waals surface area contributed by atoms with E-state index in [1.54, 1.807) is 6.08 Å². The van der Waals surface area contributed by atoms with Gasteiger partial charge in [0.05, 0.1) is 0 Å². The van der Waals surface area contributed by atoms with E-state index in [1.165, 1.54) is 38.6 Å². The fourth-order valence-corrected chi connectivity index (χ4v) is 4.07. The van der Waals surface area contributed by atoms with E-state index in [-0.39, 0.29) is 11.2 Å². The second-order valence-corrected chi connectivity index (χ2v) is 6.99. The lowest BCUT2D eigenvalue weighted by atomic mass is 9.73. The van der Waals surface area contributed by atoms with Gasteiger partial charge in [-0.1, -0.05) is 6.58 Å². The molecule has 122 valence electrons. The molecule has 22 heavy (non-hydrogen) atoms. The first-order valence-corrected chi connectivity index (χ1v) is 8.59. The van der Waals surface area contributed by atoms with E-state index in [1.807, 2.05) is 6.20 Å². The Hall–Kier alpha value is -1.13. The summed E-state index contributed by atoms with van der Waals surface area (Å²) in [6, 6.07) is 0. The summed E-state index contributed by atoms with van der Waals surface area (Å²) in [6.07, 6.45) is 9.80. The summed E-state index contributed by atoms with van der Waals surface area (Å²) in [5.41, 5.74) is 1.25. The minimum absolute atomic E-state index is 0.130. The molecule has 0 bridgehead atoms. The van der Waals surface area contributed by atoms with Crippen molar-refractivity contribution in [3.8, 4) is 0 Å². The van der Waals surface area contributed by atoms with Crippen molar-refractivity contribution in [2.45, 2.75) is 25.7 Å². The molecule has 0 aliphatic carbocycles. The minimum atomic E-state index is -0.230. The molecule has 0 aromatic heterocycles. The van der Waals surface area contributed by atoms with Gasteiger partial charge in [0.1, 0.15) is 5.83 Å². The van der Waals surface area contributed by atoms with Crippen molar-refractivity contribution in [3.63, 3.8) is 0 Å². The molecule has 0 unspecified atom stereocenters. The summed E-state index contributed by atoms with van der Waals surface area (Å²) < 4.78 is 13.6. The van der Waals surface area contributed by atoms with E-state index in [2.05, 4.69) is 22.1 Å². The molecule has 3 rings (SSSR count). The maximum atomic E-state index is 13.6. The lowest BCUT2D eigenvalue weighted by molar-refractivity contribution is 0.117. The topological polar surface area (TPSA) is 27.3 Å². The van der Waals surface area contributed by atoms with Crippen molar-refractivity contribution >= 4 is 0 Å². The first kappa shape index (κ1) is 15.8. The van der Waals surface area contributed by atoms with Crippen molar-refractivity contribution in [1.82, 2.24) is 15.5 Å². The second kappa shape index (κ2) is 6.97. The summed E-state index contributed by atoms with van der Waals surface area (Å²) >= 11 is 0. The van der Waals surface area contributed by atoms with Crippen LogP contribution in [-0.2, 0) is 0 Å². The third-order valence-electron chi connectivity index (χ3n) is 5.59. The van der Waals surface area contributed by atoms with Crippen molar-refractivity contribution in [2.24, 2.45) is 11.3 Å². The zero-order valence-corrected chi connectivity index (χ0v) is 13.4. The van der Waals surface area contributed by atoms with Crippen LogP contribution in [0.2, 0.25) is 0 Å². The Kier molecular flexibility index (Phi) is 4.99. The van der Waals surface area contributed by atoms with Gasteiger partial charge in [-0.2, -0.15) is 0 Å². The van der Waals surface area contributed by atoms with E-state index < -0.39 is 0 Å². The average molecular weight is 305 g/mol. The zero-order chi connectivity index (χ0) is 15.4. The normalized spacial score (nSPS) is 26.8. The number of piperidine rings is 2. The highest BCUT2D eigenvalue weighted by Gasteiger charge is 2.39. The van der Waals surface area contributed by atoms with Crippen LogP contribution < -0.4 is 10.6 Å². The molecule has 3 heterocycles. The van der Waals surface area contributed by atoms with Crippen LogP contribution in [0, 0.1) is 11.3 Å². The van der Waals surface area contributed by atoms with Gasteiger partial charge in [0.15, 0.2) is 0 Å². The van der Waals surface area contributed by atoms with Crippen molar-refractivity contribution in [3.05, 3.63) is 36.3 Å². The molecule has 3 aliphatic heterocycles. The highest BCUT2D eigenvalue weighted by Crippen LogP contribution is 2.42. The number of hydrogen-bond acceptors (Lipinski definition) is 3. The number of hydrogen-bond donors (Lipinski definition) is 2. The van der Waals surface area contributed by atoms with Crippen molar-refractivity contribution < 1.29 is 4.39 Å². The predicted molar refractivity (Wildman–Crippen MR) is 89.2 cm³/mol. The van der Waals surface area contributed by atoms with Crippen molar-refractivity contribution in [1.29, 1.82) is 0 Å². The van der Waals surface area contributed by atoms with E-state index in [0.717, 1.165) is 44.0 Å². The maximum absolute atomic E-state index is 13.6. The molecule has 3 nitrogen and oxygen atoms in total. The quantitative estimate of drug-likeness (QED) is 0.782. The number of likely N-dealkylation sites (tertiary alicyclic amines) is 1. The standard InChI is InChI=1S/C18H28FN3/c1-2-17(19)11-16-12-21-14-18(16)5-9-22(10-6-18)13-15-3-7-20-8-4-15/h2,11-12,15,20-21H,1,3-10,13-14H2/b17-11+. The molecule has 0 saturated carbocycles. The Labute approximate surface area is 133 Å². The van der Waals surface area contributed by atoms with Gasteiger partial charge in [-0.25, -0.2) is 4.39 Å². The van der Waals surface area contributed by atoms with Gasteiger partial charge in [-0.15, -0.1) is 0 Å². The first-order chi connectivity index (χ1) is 10.7. The van der Waals surface area contributed by atoms with Crippen LogP contribution in [0.3, 0.4) is 0 Å². The summed E-state index contributed by atoms with van der Waals surface area (Å²) in [5, 5.41) is 6.76. The Bertz CT molecular complexity index is 455. The van der Waals surface area contributed by atoms with Gasteiger partial charge < -0.3 is 15.5 Å². The van der Waals surface area contributed by atoms with Crippen LogP contribution >= 0.6 is 0 Å². The zero-order valence-electron chi connectivity index (χ0n) is 13.4. The van der Waals surface area contributed by atoms with Crippen LogP contribution in [0.15, 0.2) is 36.3 Å². The molecule has 4 heteroatoms. The van der Waals surface area contributed by atoms with E-state index >= 15 is 0 Å². The fraction of sp³-hybridized carbons (Fsp3) is 0.667. The molecule has 0 aromatic rings. The predicted octanol–water partition coefficient (Wildman–Crippen LogP) is 2.59. The lowest BCUT2D eigenvalue weighted by Crippen LogP contribution is -2.45. The monoisotopic (exact) mass is 305 g/mol. The van der Waals surface area contributed by atoms with E-state index in [0.29, 0.717) is 0 Å². The van der Waals surface area contributed by atoms with Gasteiger partial charge in [0.25, 0.3) is 0 Å². The molecule has 2 fully saturated rings. The number of allylic oxidation sites excluding steroid dienone is 3. The van der Waals surface area contributed by atoms with Gasteiger partial charge >= 0.3 is 0 Å². The second-order valence-electron chi connectivity index (χ2n) is 6.99. The highest BCUT2D eigenvalue weighted by atomic mass is 19.1. The van der Waals surface area contributed by atoms with Crippen LogP contribution in [0.25, 0.3) is 0 Å². The number of halogens is 1. The molecule has 0 aromatic carbocycles. The smallest absolute Gasteiger partial charge is 0.122 e. The van der Waals surface area contributed by atoms with E-state index in [9.17, 15) is 4.39 Å². The summed E-state index contributed by atoms with van der Waals surface area (Å²) in [7, 11) is 0. The SMILES string of the molecule is C=C/C(F)=C\C1=CNCC12CCN(CC1CCNCC1)CC2. The van der Waals surface area contributed by atoms with Crippen LogP contribution in [0.5, 0.6) is 0 Å². The van der Waals surface area contributed by atoms with Gasteiger partial charge in [-0.3, -0.25) is 0 Å². The first-order valence-electron chi connectivity index (χ1n) is 8.59. The molecular formula is C18H28FN3. The Morgan fingerprint density at radius 1 is 1.36 bits per heavy atom. The molecule has 2 saturated heterocycles. The Balaban J connectivity index is 1.56. The number of nitrogens with one attached hydrogen (secondary N) is 2. The number of rotatable bonds is 4. The molecular weight excluding hydrogens is 277 g/mol. The van der Waals surface area contributed by atoms with Gasteiger partial charge in [-0.05, 0) is 75.5 Å². The lowest BCUT2D eigenvalue weighted by Gasteiger charge is -2.41. The molecule has 1 spiro atoms. The Morgan fingerprint density at radius 3 is 2.77 bits per heavy atom. The average Bonchev–Trinajstić information content (AvgIpc) is 2.93. The summed E-state index contributed by atoms with van der Waals surface area (Å²) in [6.45, 7) is 10.3. The summed E-state index contributed by atoms with van der Waals surface area (Å²) in [4.78, 5) is 2.62. The molecule has 2 N–H and O–H groups in total. The largest absolute Gasteiger partial charge is 0.390 e. The Morgan fingerprint density at radius 2 is 2.09 bits per heavy atom. The fourth-order valence-electron chi connectivity index (χ4n) is 4.07. The third-order valence-corrected chi connectivity index (χ3v) is 5.59. The molecule has 0 amide bonds. The van der Waals surface area contributed by atoms with Crippen LogP contribution in [0.4, 0.5) is 4.39 Å². The maximum Gasteiger partial charge on any atom is 0.122 e. The highest BCUT2D eigenvalue weighted by molar-refractivity contribution is 5.35. The minimum Gasteiger partial charge on any atom is -0.390 e. The van der Waals surface area contributed by atoms with Crippen molar-refractivity contribution in [2.75, 3.05) is 39.3 Å². The third kappa shape index (κ3) is 3.44.